The van der Waals surface area contributed by atoms with E-state index >= 15 is 0 Å². The monoisotopic (exact) mass is 276 g/mol. The first-order valence-electron chi connectivity index (χ1n) is 7.12. The molecule has 3 rings (SSSR count). The Morgan fingerprint density at radius 3 is 3.15 bits per heavy atom. The van der Waals surface area contributed by atoms with Crippen LogP contribution in [0.25, 0.3) is 11.0 Å². The summed E-state index contributed by atoms with van der Waals surface area (Å²) in [6, 6.07) is 0.353. The number of nitrogens with zero attached hydrogens (tertiary/aromatic N) is 4. The fourth-order valence-electron chi connectivity index (χ4n) is 2.55. The molecule has 108 valence electrons. The van der Waals surface area contributed by atoms with Gasteiger partial charge in [0.15, 0.2) is 5.65 Å². The third-order valence-electron chi connectivity index (χ3n) is 3.60. The van der Waals surface area contributed by atoms with E-state index in [4.69, 9.17) is 4.74 Å². The Bertz CT molecular complexity index is 583. The highest BCUT2D eigenvalue weighted by molar-refractivity contribution is 5.87. The molecule has 2 aromatic rings. The second-order valence-electron chi connectivity index (χ2n) is 4.86. The summed E-state index contributed by atoms with van der Waals surface area (Å²) in [5.74, 6) is 1.58. The molecular formula is C13H20N6O. The number of hydrogen-bond acceptors (Lipinski definition) is 6. The van der Waals surface area contributed by atoms with Crippen LogP contribution in [0.1, 0.15) is 20.3 Å². The van der Waals surface area contributed by atoms with Crippen molar-refractivity contribution in [1.82, 2.24) is 20.2 Å². The normalized spacial score (nSPS) is 19.5. The molecular weight excluding hydrogens is 256 g/mol. The Morgan fingerprint density at radius 2 is 2.35 bits per heavy atom. The van der Waals surface area contributed by atoms with Crippen LogP contribution in [0.15, 0.2) is 6.20 Å². The maximum Gasteiger partial charge on any atom is 0.226 e. The van der Waals surface area contributed by atoms with Crippen LogP contribution in [0.3, 0.4) is 0 Å². The number of anilines is 2. The number of nitrogens with one attached hydrogen (secondary N) is 2. The van der Waals surface area contributed by atoms with Gasteiger partial charge < -0.3 is 15.0 Å². The zero-order valence-corrected chi connectivity index (χ0v) is 11.9. The molecule has 1 aliphatic heterocycles. The van der Waals surface area contributed by atoms with Crippen LogP contribution >= 0.6 is 0 Å². The molecule has 0 aliphatic carbocycles. The highest BCUT2D eigenvalue weighted by atomic mass is 16.5. The Hall–Kier alpha value is -1.89. The number of ether oxygens (including phenoxy) is 1. The Labute approximate surface area is 117 Å². The minimum Gasteiger partial charge on any atom is -0.377 e. The van der Waals surface area contributed by atoms with E-state index in [1.54, 1.807) is 6.20 Å². The van der Waals surface area contributed by atoms with E-state index in [1.807, 2.05) is 6.92 Å². The first-order valence-corrected chi connectivity index (χ1v) is 7.12. The molecule has 0 bridgehead atoms. The van der Waals surface area contributed by atoms with Crippen molar-refractivity contribution in [3.8, 4) is 0 Å². The molecule has 0 spiro atoms. The number of H-pyrrole nitrogens is 1. The second-order valence-corrected chi connectivity index (χ2v) is 4.86. The third-order valence-corrected chi connectivity index (χ3v) is 3.60. The van der Waals surface area contributed by atoms with Crippen molar-refractivity contribution in [1.29, 1.82) is 0 Å². The lowest BCUT2D eigenvalue weighted by molar-refractivity contribution is 0.0927. The number of hydrogen-bond donors (Lipinski definition) is 2. The van der Waals surface area contributed by atoms with Gasteiger partial charge in [-0.3, -0.25) is 5.10 Å². The molecule has 1 fully saturated rings. The predicted molar refractivity (Wildman–Crippen MR) is 78.1 cm³/mol. The van der Waals surface area contributed by atoms with E-state index in [9.17, 15) is 0 Å². The summed E-state index contributed by atoms with van der Waals surface area (Å²) >= 11 is 0. The zero-order chi connectivity index (χ0) is 13.9. The summed E-state index contributed by atoms with van der Waals surface area (Å²) < 4.78 is 5.57. The van der Waals surface area contributed by atoms with Crippen molar-refractivity contribution >= 4 is 22.8 Å². The Morgan fingerprint density at radius 1 is 1.45 bits per heavy atom. The smallest absolute Gasteiger partial charge is 0.226 e. The van der Waals surface area contributed by atoms with Gasteiger partial charge in [0.2, 0.25) is 5.95 Å². The molecule has 2 N–H and O–H groups in total. The summed E-state index contributed by atoms with van der Waals surface area (Å²) in [7, 11) is 0. The maximum atomic E-state index is 5.57. The van der Waals surface area contributed by atoms with Gasteiger partial charge in [0.25, 0.3) is 0 Å². The molecule has 7 heteroatoms. The van der Waals surface area contributed by atoms with Crippen LogP contribution in [0.5, 0.6) is 0 Å². The van der Waals surface area contributed by atoms with E-state index in [0.717, 1.165) is 49.6 Å². The molecule has 0 amide bonds. The van der Waals surface area contributed by atoms with Gasteiger partial charge in [-0.2, -0.15) is 15.1 Å². The summed E-state index contributed by atoms with van der Waals surface area (Å²) in [6.07, 6.45) is 2.82. The van der Waals surface area contributed by atoms with Gasteiger partial charge >= 0.3 is 0 Å². The number of aromatic amines is 1. The van der Waals surface area contributed by atoms with E-state index in [1.165, 1.54) is 0 Å². The molecule has 3 heterocycles. The number of morpholine rings is 1. The third kappa shape index (κ3) is 2.29. The van der Waals surface area contributed by atoms with E-state index in [2.05, 4.69) is 37.3 Å². The lowest BCUT2D eigenvalue weighted by Crippen LogP contribution is -2.45. The van der Waals surface area contributed by atoms with Crippen molar-refractivity contribution in [3.05, 3.63) is 6.20 Å². The van der Waals surface area contributed by atoms with Crippen LogP contribution in [-0.4, -0.2) is 52.5 Å². The van der Waals surface area contributed by atoms with Gasteiger partial charge in [-0.1, -0.05) is 6.92 Å². The molecule has 1 atom stereocenters. The van der Waals surface area contributed by atoms with Gasteiger partial charge in [0, 0.05) is 13.1 Å². The highest BCUT2D eigenvalue weighted by Crippen LogP contribution is 2.27. The Balaban J connectivity index is 2.05. The summed E-state index contributed by atoms with van der Waals surface area (Å²) in [5.41, 5.74) is 0.771. The van der Waals surface area contributed by atoms with Gasteiger partial charge in [-0.25, -0.2) is 0 Å². The molecule has 1 aliphatic rings. The zero-order valence-electron chi connectivity index (χ0n) is 11.9. The SMILES string of the molecule is CCNc1nc(N2CCOCC2CC)c2cn[nH]c2n1. The van der Waals surface area contributed by atoms with Gasteiger partial charge in [0.05, 0.1) is 30.8 Å². The molecule has 2 aromatic heterocycles. The molecule has 1 unspecified atom stereocenters. The van der Waals surface area contributed by atoms with Crippen LogP contribution < -0.4 is 10.2 Å². The number of aromatic nitrogens is 4. The topological polar surface area (TPSA) is 79.0 Å². The molecule has 0 aromatic carbocycles. The fraction of sp³-hybridized carbons (Fsp3) is 0.615. The van der Waals surface area contributed by atoms with E-state index < -0.39 is 0 Å². The van der Waals surface area contributed by atoms with Crippen molar-refractivity contribution in [3.63, 3.8) is 0 Å². The average molecular weight is 276 g/mol. The quantitative estimate of drug-likeness (QED) is 0.879. The summed E-state index contributed by atoms with van der Waals surface area (Å²) in [6.45, 7) is 7.32. The minimum atomic E-state index is 0.353. The van der Waals surface area contributed by atoms with Crippen LogP contribution in [0.2, 0.25) is 0 Å². The first-order chi connectivity index (χ1) is 9.83. The highest BCUT2D eigenvalue weighted by Gasteiger charge is 2.25. The van der Waals surface area contributed by atoms with Gasteiger partial charge in [0.1, 0.15) is 5.82 Å². The second kappa shape index (κ2) is 5.62. The van der Waals surface area contributed by atoms with E-state index in [0.29, 0.717) is 12.0 Å². The maximum absolute atomic E-state index is 5.57. The lowest BCUT2D eigenvalue weighted by Gasteiger charge is -2.36. The van der Waals surface area contributed by atoms with E-state index in [-0.39, 0.29) is 0 Å². The number of rotatable bonds is 4. The molecule has 20 heavy (non-hydrogen) atoms. The Kier molecular flexibility index (Phi) is 3.68. The predicted octanol–water partition coefficient (Wildman–Crippen LogP) is 1.40. The van der Waals surface area contributed by atoms with Crippen molar-refractivity contribution < 1.29 is 4.74 Å². The van der Waals surface area contributed by atoms with Crippen LogP contribution in [0.4, 0.5) is 11.8 Å². The largest absolute Gasteiger partial charge is 0.377 e. The van der Waals surface area contributed by atoms with Gasteiger partial charge in [-0.05, 0) is 13.3 Å². The lowest BCUT2D eigenvalue weighted by atomic mass is 10.1. The molecule has 1 saturated heterocycles. The van der Waals surface area contributed by atoms with Crippen LogP contribution in [-0.2, 0) is 4.74 Å². The standard InChI is InChI=1S/C13H20N6O/c1-3-9-8-20-6-5-19(9)12-10-7-15-18-11(10)16-13(17-12)14-4-2/h7,9H,3-6,8H2,1-2H3,(H2,14,15,16,17,18). The van der Waals surface area contributed by atoms with Crippen molar-refractivity contribution in [2.24, 2.45) is 0 Å². The van der Waals surface area contributed by atoms with Crippen molar-refractivity contribution in [2.45, 2.75) is 26.3 Å². The van der Waals surface area contributed by atoms with Crippen molar-refractivity contribution in [2.75, 3.05) is 36.5 Å². The fourth-order valence-corrected chi connectivity index (χ4v) is 2.55. The molecule has 7 nitrogen and oxygen atoms in total. The summed E-state index contributed by atoms with van der Waals surface area (Å²) in [4.78, 5) is 11.4. The minimum absolute atomic E-state index is 0.353. The molecule has 0 radical (unpaired) electrons. The van der Waals surface area contributed by atoms with Gasteiger partial charge in [-0.15, -0.1) is 0 Å². The molecule has 0 saturated carbocycles. The first kappa shape index (κ1) is 13.1. The number of fused-ring (bicyclic) bond motifs is 1. The summed E-state index contributed by atoms with van der Waals surface area (Å²) in [5, 5.41) is 11.2. The average Bonchev–Trinajstić information content (AvgIpc) is 2.95. The van der Waals surface area contributed by atoms with Crippen LogP contribution in [0, 0.1) is 0 Å².